The molecule has 4 aromatic rings. The number of carbonyl (C=O) groups is 1. The van der Waals surface area contributed by atoms with Crippen molar-refractivity contribution in [2.24, 2.45) is 0 Å². The Morgan fingerprint density at radius 2 is 1.71 bits per heavy atom. The number of carbonyl (C=O) groups excluding carboxylic acids is 1. The van der Waals surface area contributed by atoms with Gasteiger partial charge in [0.15, 0.2) is 5.75 Å². The topological polar surface area (TPSA) is 67.8 Å². The molecule has 0 aliphatic rings. The first-order valence-corrected chi connectivity index (χ1v) is 11.9. The fraction of sp³-hybridized carbons (Fsp3) is 0.222. The van der Waals surface area contributed by atoms with Crippen molar-refractivity contribution in [3.63, 3.8) is 0 Å². The average molecular weight is 480 g/mol. The maximum Gasteiger partial charge on any atom is 0.207 e. The maximum atomic E-state index is 13.8. The minimum absolute atomic E-state index is 0.104. The van der Waals surface area contributed by atoms with Crippen molar-refractivity contribution in [1.29, 1.82) is 0 Å². The quantitative estimate of drug-likeness (QED) is 0.216. The fourth-order valence-corrected chi connectivity index (χ4v) is 4.94. The van der Waals surface area contributed by atoms with Crippen LogP contribution >= 0.6 is 11.3 Å². The Bertz CT molecular complexity index is 1310. The number of aromatic hydroxyl groups is 1. The predicted molar refractivity (Wildman–Crippen MR) is 133 cm³/mol. The number of benzene rings is 3. The Morgan fingerprint density at radius 1 is 1.03 bits per heavy atom. The van der Waals surface area contributed by atoms with E-state index in [-0.39, 0.29) is 17.3 Å². The van der Waals surface area contributed by atoms with Crippen LogP contribution in [-0.2, 0) is 0 Å². The van der Waals surface area contributed by atoms with Crippen molar-refractivity contribution in [2.75, 3.05) is 19.7 Å². The molecule has 176 valence electrons. The van der Waals surface area contributed by atoms with Crippen LogP contribution in [-0.4, -0.2) is 30.6 Å². The van der Waals surface area contributed by atoms with Crippen LogP contribution in [0.3, 0.4) is 0 Å². The lowest BCUT2D eigenvalue weighted by Crippen LogP contribution is -2.20. The molecular formula is C27H26FNO4S. The largest absolute Gasteiger partial charge is 0.508 e. The molecular weight excluding hydrogens is 453 g/mol. The first-order valence-electron chi connectivity index (χ1n) is 11.1. The van der Waals surface area contributed by atoms with Gasteiger partial charge < -0.3 is 19.9 Å². The van der Waals surface area contributed by atoms with E-state index >= 15 is 0 Å². The SMILES string of the molecule is CCNCCOc1ccc(Oc2c(C(=O)c3c(C)cc(F)cc3C)sc3cc(O)ccc23)cc1. The number of phenolic OH excluding ortho intramolecular Hbond substituents is 1. The Morgan fingerprint density at radius 3 is 2.38 bits per heavy atom. The van der Waals surface area contributed by atoms with Gasteiger partial charge in [-0.25, -0.2) is 4.39 Å². The third-order valence-electron chi connectivity index (χ3n) is 5.40. The molecule has 4 rings (SSSR count). The second kappa shape index (κ2) is 10.2. The van der Waals surface area contributed by atoms with Gasteiger partial charge >= 0.3 is 0 Å². The summed E-state index contributed by atoms with van der Waals surface area (Å²) in [5, 5.41) is 13.9. The third kappa shape index (κ3) is 5.05. The van der Waals surface area contributed by atoms with E-state index in [4.69, 9.17) is 9.47 Å². The lowest BCUT2D eigenvalue weighted by Gasteiger charge is -2.12. The molecule has 0 bridgehead atoms. The molecule has 0 unspecified atom stereocenters. The zero-order valence-electron chi connectivity index (χ0n) is 19.3. The highest BCUT2D eigenvalue weighted by atomic mass is 32.1. The highest BCUT2D eigenvalue weighted by Crippen LogP contribution is 2.43. The Labute approximate surface area is 201 Å². The van der Waals surface area contributed by atoms with E-state index in [0.717, 1.165) is 28.9 Å². The summed E-state index contributed by atoms with van der Waals surface area (Å²) in [6, 6.07) is 14.8. The number of nitrogens with one attached hydrogen (secondary N) is 1. The average Bonchev–Trinajstić information content (AvgIpc) is 3.14. The van der Waals surface area contributed by atoms with Gasteiger partial charge in [-0.15, -0.1) is 11.3 Å². The summed E-state index contributed by atoms with van der Waals surface area (Å²) in [6.45, 7) is 7.69. The Balaban J connectivity index is 1.69. The van der Waals surface area contributed by atoms with Gasteiger partial charge in [0, 0.05) is 22.2 Å². The fourth-order valence-electron chi connectivity index (χ4n) is 3.83. The molecule has 0 amide bonds. The molecule has 0 radical (unpaired) electrons. The normalized spacial score (nSPS) is 11.1. The molecule has 0 spiro atoms. The Hall–Kier alpha value is -3.42. The van der Waals surface area contributed by atoms with Crippen LogP contribution in [0.2, 0.25) is 0 Å². The Kier molecular flexibility index (Phi) is 7.14. The van der Waals surface area contributed by atoms with E-state index in [1.807, 2.05) is 19.1 Å². The summed E-state index contributed by atoms with van der Waals surface area (Å²) in [4.78, 5) is 14.0. The molecule has 0 fully saturated rings. The van der Waals surface area contributed by atoms with Gasteiger partial charge in [-0.05, 0) is 86.1 Å². The van der Waals surface area contributed by atoms with Crippen molar-refractivity contribution < 1.29 is 23.8 Å². The summed E-state index contributed by atoms with van der Waals surface area (Å²) in [5.74, 6) is 1.17. The van der Waals surface area contributed by atoms with Gasteiger partial charge in [0.1, 0.15) is 34.5 Å². The third-order valence-corrected chi connectivity index (χ3v) is 6.53. The number of aryl methyl sites for hydroxylation is 2. The number of ketones is 1. The van der Waals surface area contributed by atoms with E-state index < -0.39 is 0 Å². The van der Waals surface area contributed by atoms with Crippen molar-refractivity contribution >= 4 is 27.2 Å². The molecule has 2 N–H and O–H groups in total. The van der Waals surface area contributed by atoms with Gasteiger partial charge in [-0.3, -0.25) is 4.79 Å². The molecule has 3 aromatic carbocycles. The first kappa shape index (κ1) is 23.7. The second-order valence-corrected chi connectivity index (χ2v) is 9.01. The molecule has 1 aromatic heterocycles. The maximum absolute atomic E-state index is 13.8. The number of hydrogen-bond acceptors (Lipinski definition) is 6. The van der Waals surface area contributed by atoms with Gasteiger partial charge in [0.05, 0.1) is 0 Å². The van der Waals surface area contributed by atoms with Gasteiger partial charge in [0.25, 0.3) is 0 Å². The van der Waals surface area contributed by atoms with Crippen molar-refractivity contribution in [3.8, 4) is 23.0 Å². The summed E-state index contributed by atoms with van der Waals surface area (Å²) in [6.07, 6.45) is 0. The predicted octanol–water partition coefficient (Wildman–Crippen LogP) is 6.37. The number of rotatable bonds is 9. The monoisotopic (exact) mass is 479 g/mol. The van der Waals surface area contributed by atoms with Crippen LogP contribution in [0.15, 0.2) is 54.6 Å². The standard InChI is InChI=1S/C27H26FNO4S/c1-4-29-11-12-32-20-6-8-21(9-7-20)33-26-22-10-5-19(30)15-23(22)34-27(26)25(31)24-16(2)13-18(28)14-17(24)3/h5-10,13-15,29-30H,4,11-12H2,1-3H3. The van der Waals surface area contributed by atoms with Crippen LogP contribution in [0.4, 0.5) is 4.39 Å². The first-order chi connectivity index (χ1) is 16.4. The van der Waals surface area contributed by atoms with Crippen molar-refractivity contribution in [3.05, 3.63) is 82.0 Å². The van der Waals surface area contributed by atoms with Gasteiger partial charge in [-0.2, -0.15) is 0 Å². The molecule has 34 heavy (non-hydrogen) atoms. The van der Waals surface area contributed by atoms with Crippen LogP contribution in [0.1, 0.15) is 33.3 Å². The highest BCUT2D eigenvalue weighted by Gasteiger charge is 2.25. The lowest BCUT2D eigenvalue weighted by atomic mass is 9.97. The molecule has 0 aliphatic carbocycles. The van der Waals surface area contributed by atoms with Crippen LogP contribution in [0, 0.1) is 19.7 Å². The summed E-state index contributed by atoms with van der Waals surface area (Å²) < 4.78 is 26.5. The lowest BCUT2D eigenvalue weighted by molar-refractivity contribution is 0.103. The second-order valence-electron chi connectivity index (χ2n) is 7.96. The number of thiophene rings is 1. The van der Waals surface area contributed by atoms with E-state index in [1.54, 1.807) is 44.2 Å². The number of likely N-dealkylation sites (N-methyl/N-ethyl adjacent to an activating group) is 1. The number of phenols is 1. The number of halogens is 1. The van der Waals surface area contributed by atoms with Gasteiger partial charge in [-0.1, -0.05) is 6.92 Å². The van der Waals surface area contributed by atoms with E-state index in [9.17, 15) is 14.3 Å². The summed E-state index contributed by atoms with van der Waals surface area (Å²) in [7, 11) is 0. The molecule has 7 heteroatoms. The molecule has 0 saturated heterocycles. The van der Waals surface area contributed by atoms with Crippen molar-refractivity contribution in [1.82, 2.24) is 5.32 Å². The smallest absolute Gasteiger partial charge is 0.207 e. The van der Waals surface area contributed by atoms with E-state index in [2.05, 4.69) is 5.32 Å². The zero-order valence-corrected chi connectivity index (χ0v) is 20.1. The molecule has 0 atom stereocenters. The van der Waals surface area contributed by atoms with Crippen molar-refractivity contribution in [2.45, 2.75) is 20.8 Å². The molecule has 0 saturated carbocycles. The number of fused-ring (bicyclic) bond motifs is 1. The van der Waals surface area contributed by atoms with E-state index in [1.165, 1.54) is 23.5 Å². The van der Waals surface area contributed by atoms with Crippen LogP contribution < -0.4 is 14.8 Å². The van der Waals surface area contributed by atoms with Crippen LogP contribution in [0.25, 0.3) is 10.1 Å². The summed E-state index contributed by atoms with van der Waals surface area (Å²) >= 11 is 1.24. The zero-order chi connectivity index (χ0) is 24.2. The minimum atomic E-state index is -0.378. The molecule has 0 aliphatic heterocycles. The summed E-state index contributed by atoms with van der Waals surface area (Å²) in [5.41, 5.74) is 1.58. The molecule has 1 heterocycles. The molecule has 5 nitrogen and oxygen atoms in total. The van der Waals surface area contributed by atoms with E-state index in [0.29, 0.717) is 39.7 Å². The number of hydrogen-bond donors (Lipinski definition) is 2. The van der Waals surface area contributed by atoms with Crippen LogP contribution in [0.5, 0.6) is 23.0 Å². The number of ether oxygens (including phenoxy) is 2. The highest BCUT2D eigenvalue weighted by molar-refractivity contribution is 7.21. The minimum Gasteiger partial charge on any atom is -0.508 e. The van der Waals surface area contributed by atoms with Gasteiger partial charge in [0.2, 0.25) is 5.78 Å².